The fourth-order valence-corrected chi connectivity index (χ4v) is 4.27. The van der Waals surface area contributed by atoms with Crippen LogP contribution in [0.15, 0.2) is 0 Å². The third-order valence-electron chi connectivity index (χ3n) is 5.00. The fourth-order valence-electron chi connectivity index (χ4n) is 4.27. The highest BCUT2D eigenvalue weighted by Gasteiger charge is 2.32. The van der Waals surface area contributed by atoms with Crippen LogP contribution >= 0.6 is 0 Å². The van der Waals surface area contributed by atoms with Crippen LogP contribution in [0.5, 0.6) is 0 Å². The van der Waals surface area contributed by atoms with E-state index in [2.05, 4.69) is 31.0 Å². The maximum Gasteiger partial charge on any atom is 0.0249 e. The van der Waals surface area contributed by atoms with Gasteiger partial charge in [0.2, 0.25) is 0 Å². The highest BCUT2D eigenvalue weighted by atomic mass is 15.2. The molecule has 1 heterocycles. The molecule has 1 aliphatic carbocycles. The molecular weight excluding hydrogens is 232 g/mol. The van der Waals surface area contributed by atoms with E-state index in [-0.39, 0.29) is 0 Å². The molecule has 4 unspecified atom stereocenters. The lowest BCUT2D eigenvalue weighted by Crippen LogP contribution is -2.53. The second-order valence-corrected chi connectivity index (χ2v) is 7.17. The summed E-state index contributed by atoms with van der Waals surface area (Å²) >= 11 is 0. The highest BCUT2D eigenvalue weighted by Crippen LogP contribution is 2.29. The Kier molecular flexibility index (Phi) is 6.15. The summed E-state index contributed by atoms with van der Waals surface area (Å²) in [4.78, 5) is 2.83. The van der Waals surface area contributed by atoms with Gasteiger partial charge in [-0.05, 0) is 44.1 Å². The molecule has 112 valence electrons. The van der Waals surface area contributed by atoms with Gasteiger partial charge in [-0.15, -0.1) is 0 Å². The smallest absolute Gasteiger partial charge is 0.0249 e. The van der Waals surface area contributed by atoms with Gasteiger partial charge in [0.15, 0.2) is 0 Å². The zero-order valence-electron chi connectivity index (χ0n) is 13.3. The summed E-state index contributed by atoms with van der Waals surface area (Å²) in [5.41, 5.74) is 0. The van der Waals surface area contributed by atoms with Crippen LogP contribution in [0.4, 0.5) is 0 Å². The average Bonchev–Trinajstić information content (AvgIpc) is 2.60. The van der Waals surface area contributed by atoms with Crippen molar-refractivity contribution in [2.45, 2.75) is 77.8 Å². The second-order valence-electron chi connectivity index (χ2n) is 7.17. The van der Waals surface area contributed by atoms with Gasteiger partial charge in [-0.1, -0.05) is 40.0 Å². The summed E-state index contributed by atoms with van der Waals surface area (Å²) in [6, 6.07) is 1.55. The van der Waals surface area contributed by atoms with E-state index < -0.39 is 0 Å². The first-order chi connectivity index (χ1) is 9.20. The van der Waals surface area contributed by atoms with Gasteiger partial charge in [0.05, 0.1) is 0 Å². The first-order valence-electron chi connectivity index (χ1n) is 8.68. The Bertz CT molecular complexity index is 244. The van der Waals surface area contributed by atoms with Crippen molar-refractivity contribution in [3.8, 4) is 0 Å². The number of nitrogens with zero attached hydrogens (tertiary/aromatic N) is 1. The van der Waals surface area contributed by atoms with E-state index in [1.54, 1.807) is 0 Å². The molecule has 1 aliphatic heterocycles. The van der Waals surface area contributed by atoms with Crippen LogP contribution in [0.25, 0.3) is 0 Å². The maximum atomic E-state index is 3.85. The predicted octanol–water partition coefficient (Wildman–Crippen LogP) is 3.67. The monoisotopic (exact) mass is 266 g/mol. The van der Waals surface area contributed by atoms with Crippen LogP contribution in [0.2, 0.25) is 0 Å². The van der Waals surface area contributed by atoms with Gasteiger partial charge in [0.1, 0.15) is 0 Å². The lowest BCUT2D eigenvalue weighted by atomic mass is 9.88. The summed E-state index contributed by atoms with van der Waals surface area (Å²) in [7, 11) is 0. The molecule has 2 aliphatic rings. The average molecular weight is 266 g/mol. The standard InChI is InChI=1S/C17H34N2/c1-4-10-18-16-8-6-5-7-9-17(16)19-12-14(2)11-15(3)13-19/h14-18H,4-13H2,1-3H3. The van der Waals surface area contributed by atoms with E-state index in [1.165, 1.54) is 64.6 Å². The quantitative estimate of drug-likeness (QED) is 0.781. The third-order valence-corrected chi connectivity index (χ3v) is 5.00. The zero-order valence-corrected chi connectivity index (χ0v) is 13.3. The van der Waals surface area contributed by atoms with Crippen LogP contribution in [-0.4, -0.2) is 36.6 Å². The maximum absolute atomic E-state index is 3.85. The first-order valence-corrected chi connectivity index (χ1v) is 8.68. The molecule has 2 rings (SSSR count). The molecule has 2 nitrogen and oxygen atoms in total. The number of hydrogen-bond donors (Lipinski definition) is 1. The van der Waals surface area contributed by atoms with Crippen LogP contribution in [0.3, 0.4) is 0 Å². The van der Waals surface area contributed by atoms with E-state index in [0.29, 0.717) is 0 Å². The molecule has 0 aromatic carbocycles. The summed E-state index contributed by atoms with van der Waals surface area (Å²) in [5.74, 6) is 1.78. The van der Waals surface area contributed by atoms with Crippen LogP contribution in [-0.2, 0) is 0 Å². The normalized spacial score (nSPS) is 38.1. The Labute approximate surface area is 120 Å². The van der Waals surface area contributed by atoms with Crippen molar-refractivity contribution in [1.82, 2.24) is 10.2 Å². The second kappa shape index (κ2) is 7.64. The Morgan fingerprint density at radius 3 is 2.37 bits per heavy atom. The summed E-state index contributed by atoms with van der Waals surface area (Å²) in [5, 5.41) is 3.85. The van der Waals surface area contributed by atoms with E-state index in [1.807, 2.05) is 0 Å². The lowest BCUT2D eigenvalue weighted by molar-refractivity contribution is 0.0711. The summed E-state index contributed by atoms with van der Waals surface area (Å²) < 4.78 is 0. The molecule has 0 spiro atoms. The largest absolute Gasteiger partial charge is 0.312 e. The minimum atomic E-state index is 0.750. The van der Waals surface area contributed by atoms with Crippen LogP contribution < -0.4 is 5.32 Å². The number of likely N-dealkylation sites (tertiary alicyclic amines) is 1. The zero-order chi connectivity index (χ0) is 13.7. The summed E-state index contributed by atoms with van der Waals surface area (Å²) in [6.45, 7) is 11.0. The van der Waals surface area contributed by atoms with Crippen molar-refractivity contribution in [2.24, 2.45) is 11.8 Å². The van der Waals surface area contributed by atoms with Crippen LogP contribution in [0, 0.1) is 11.8 Å². The fraction of sp³-hybridized carbons (Fsp3) is 1.00. The van der Waals surface area contributed by atoms with Crippen molar-refractivity contribution < 1.29 is 0 Å². The molecule has 2 heteroatoms. The molecule has 4 atom stereocenters. The third kappa shape index (κ3) is 4.46. The van der Waals surface area contributed by atoms with Gasteiger partial charge in [-0.2, -0.15) is 0 Å². The minimum Gasteiger partial charge on any atom is -0.312 e. The Balaban J connectivity index is 1.99. The minimum absolute atomic E-state index is 0.750. The van der Waals surface area contributed by atoms with E-state index >= 15 is 0 Å². The van der Waals surface area contributed by atoms with E-state index in [9.17, 15) is 0 Å². The van der Waals surface area contributed by atoms with E-state index in [4.69, 9.17) is 0 Å². The molecule has 0 amide bonds. The summed E-state index contributed by atoms with van der Waals surface area (Å²) in [6.07, 6.45) is 9.81. The molecule has 0 aromatic rings. The SMILES string of the molecule is CCCNC1CCCCCC1N1CC(C)CC(C)C1. The van der Waals surface area contributed by atoms with Gasteiger partial charge in [0.25, 0.3) is 0 Å². The van der Waals surface area contributed by atoms with Crippen molar-refractivity contribution in [2.75, 3.05) is 19.6 Å². The number of piperidine rings is 1. The number of hydrogen-bond acceptors (Lipinski definition) is 2. The van der Waals surface area contributed by atoms with Gasteiger partial charge < -0.3 is 5.32 Å². The topological polar surface area (TPSA) is 15.3 Å². The molecule has 0 aromatic heterocycles. The molecule has 2 fully saturated rings. The van der Waals surface area contributed by atoms with Gasteiger partial charge in [-0.3, -0.25) is 4.90 Å². The number of nitrogens with one attached hydrogen (secondary N) is 1. The van der Waals surface area contributed by atoms with Crippen molar-refractivity contribution in [3.05, 3.63) is 0 Å². The predicted molar refractivity (Wildman–Crippen MR) is 83.5 cm³/mol. The Hall–Kier alpha value is -0.0800. The number of rotatable bonds is 4. The van der Waals surface area contributed by atoms with Crippen LogP contribution in [0.1, 0.15) is 65.7 Å². The van der Waals surface area contributed by atoms with Crippen molar-refractivity contribution in [1.29, 1.82) is 0 Å². The Morgan fingerprint density at radius 2 is 1.68 bits per heavy atom. The lowest BCUT2D eigenvalue weighted by Gasteiger charge is -2.43. The van der Waals surface area contributed by atoms with E-state index in [0.717, 1.165) is 23.9 Å². The van der Waals surface area contributed by atoms with Crippen molar-refractivity contribution in [3.63, 3.8) is 0 Å². The molecule has 1 saturated carbocycles. The molecule has 0 radical (unpaired) electrons. The first kappa shape index (κ1) is 15.3. The molecule has 19 heavy (non-hydrogen) atoms. The molecule has 1 N–H and O–H groups in total. The van der Waals surface area contributed by atoms with Gasteiger partial charge in [-0.25, -0.2) is 0 Å². The molecule has 1 saturated heterocycles. The van der Waals surface area contributed by atoms with Gasteiger partial charge >= 0.3 is 0 Å². The molecular formula is C17H34N2. The van der Waals surface area contributed by atoms with Gasteiger partial charge in [0, 0.05) is 25.2 Å². The Morgan fingerprint density at radius 1 is 1.00 bits per heavy atom. The highest BCUT2D eigenvalue weighted by molar-refractivity contribution is 4.90. The molecule has 0 bridgehead atoms. The van der Waals surface area contributed by atoms with Crippen molar-refractivity contribution >= 4 is 0 Å².